The first kappa shape index (κ1) is 11.9. The quantitative estimate of drug-likeness (QED) is 0.358. The summed E-state index contributed by atoms with van der Waals surface area (Å²) in [6, 6.07) is 5.22. The van der Waals surface area contributed by atoms with Crippen LogP contribution in [0.5, 0.6) is 0 Å². The van der Waals surface area contributed by atoms with Crippen molar-refractivity contribution in [3.63, 3.8) is 0 Å². The first-order chi connectivity index (χ1) is 8.60. The number of hydrazine groups is 1. The van der Waals surface area contributed by atoms with Crippen molar-refractivity contribution in [2.24, 2.45) is 5.84 Å². The molecule has 0 fully saturated rings. The van der Waals surface area contributed by atoms with Gasteiger partial charge < -0.3 is 4.42 Å². The molecule has 0 unspecified atom stereocenters. The van der Waals surface area contributed by atoms with Gasteiger partial charge in [-0.3, -0.25) is 24.9 Å². The van der Waals surface area contributed by atoms with Crippen molar-refractivity contribution in [1.29, 1.82) is 0 Å². The van der Waals surface area contributed by atoms with Crippen LogP contribution in [0, 0.1) is 0 Å². The van der Waals surface area contributed by atoms with Crippen LogP contribution in [0.25, 0.3) is 0 Å². The lowest BCUT2D eigenvalue weighted by Crippen LogP contribution is -2.29. The highest BCUT2D eigenvalue weighted by molar-refractivity contribution is 5.90. The maximum Gasteiger partial charge on any atom is 0.300 e. The number of furan rings is 1. The molecule has 2 aromatic heterocycles. The maximum absolute atomic E-state index is 11.4. The van der Waals surface area contributed by atoms with Crippen LogP contribution in [0.15, 0.2) is 38.3 Å². The topological polar surface area (TPSA) is 123 Å². The molecule has 2 aromatic rings. The van der Waals surface area contributed by atoms with E-state index < -0.39 is 11.5 Å². The van der Waals surface area contributed by atoms with Crippen molar-refractivity contribution >= 4 is 5.91 Å². The molecule has 4 N–H and O–H groups in total. The molecule has 0 atom stereocenters. The van der Waals surface area contributed by atoms with E-state index in [0.29, 0.717) is 5.76 Å². The van der Waals surface area contributed by atoms with Gasteiger partial charge in [0.25, 0.3) is 11.1 Å². The minimum Gasteiger partial charge on any atom is -0.454 e. The van der Waals surface area contributed by atoms with Crippen LogP contribution < -0.4 is 22.4 Å². The number of carbonyl (C=O) groups is 1. The molecule has 0 saturated carbocycles. The van der Waals surface area contributed by atoms with Crippen molar-refractivity contribution in [3.8, 4) is 0 Å². The molecular formula is C10H10N4O4. The summed E-state index contributed by atoms with van der Waals surface area (Å²) in [6.07, 6.45) is 0. The first-order valence-electron chi connectivity index (χ1n) is 5.00. The highest BCUT2D eigenvalue weighted by atomic mass is 16.4. The number of H-pyrrole nitrogens is 1. The second kappa shape index (κ2) is 4.72. The van der Waals surface area contributed by atoms with Crippen LogP contribution >= 0.6 is 0 Å². The van der Waals surface area contributed by atoms with Gasteiger partial charge in [-0.15, -0.1) is 0 Å². The van der Waals surface area contributed by atoms with Gasteiger partial charge in [0.15, 0.2) is 5.76 Å². The van der Waals surface area contributed by atoms with Gasteiger partial charge in [0.2, 0.25) is 0 Å². The molecule has 2 rings (SSSR count). The number of hydrogen-bond donors (Lipinski definition) is 3. The summed E-state index contributed by atoms with van der Waals surface area (Å²) in [5.74, 6) is 4.75. The molecule has 0 bridgehead atoms. The number of nitrogens with zero attached hydrogens (tertiary/aromatic N) is 1. The predicted octanol–water partition coefficient (Wildman–Crippen LogP) is -1.22. The maximum atomic E-state index is 11.4. The van der Waals surface area contributed by atoms with Crippen LogP contribution in [0.2, 0.25) is 0 Å². The number of hydrogen-bond acceptors (Lipinski definition) is 5. The second-order valence-electron chi connectivity index (χ2n) is 3.47. The van der Waals surface area contributed by atoms with E-state index in [0.717, 1.165) is 16.8 Å². The standard InChI is InChI=1S/C10H10N4O4/c11-12-10(17)7-2-1-6(18-7)5-14-9(16)4-3-8(15)13-14/h1-4H,5,11H2,(H,12,17)(H,13,15). The molecule has 94 valence electrons. The van der Waals surface area contributed by atoms with E-state index in [1.165, 1.54) is 12.1 Å². The molecule has 0 radical (unpaired) electrons. The van der Waals surface area contributed by atoms with Crippen molar-refractivity contribution in [2.75, 3.05) is 0 Å². The van der Waals surface area contributed by atoms with Crippen LogP contribution in [-0.4, -0.2) is 15.7 Å². The Bertz CT molecular complexity index is 681. The number of aromatic nitrogens is 2. The minimum atomic E-state index is -0.574. The van der Waals surface area contributed by atoms with Crippen LogP contribution in [0.4, 0.5) is 0 Å². The summed E-state index contributed by atoms with van der Waals surface area (Å²) in [7, 11) is 0. The normalized spacial score (nSPS) is 10.3. The van der Waals surface area contributed by atoms with Gasteiger partial charge >= 0.3 is 5.91 Å². The van der Waals surface area contributed by atoms with E-state index in [-0.39, 0.29) is 17.9 Å². The molecule has 1 amide bonds. The molecule has 0 saturated heterocycles. The van der Waals surface area contributed by atoms with Crippen LogP contribution in [-0.2, 0) is 6.54 Å². The Morgan fingerprint density at radius 3 is 2.83 bits per heavy atom. The molecule has 0 aliphatic carbocycles. The van der Waals surface area contributed by atoms with Crippen molar-refractivity contribution in [1.82, 2.24) is 15.2 Å². The largest absolute Gasteiger partial charge is 0.454 e. The Morgan fingerprint density at radius 2 is 2.11 bits per heavy atom. The zero-order valence-electron chi connectivity index (χ0n) is 9.17. The third kappa shape index (κ3) is 2.38. The zero-order valence-corrected chi connectivity index (χ0v) is 9.17. The van der Waals surface area contributed by atoms with E-state index >= 15 is 0 Å². The fraction of sp³-hybridized carbons (Fsp3) is 0.100. The summed E-state index contributed by atoms with van der Waals surface area (Å²) in [6.45, 7) is 0.0206. The van der Waals surface area contributed by atoms with Gasteiger partial charge in [-0.05, 0) is 12.1 Å². The lowest BCUT2D eigenvalue weighted by Gasteiger charge is -2.01. The second-order valence-corrected chi connectivity index (χ2v) is 3.47. The van der Waals surface area contributed by atoms with E-state index in [9.17, 15) is 14.4 Å². The molecule has 18 heavy (non-hydrogen) atoms. The van der Waals surface area contributed by atoms with Gasteiger partial charge in [-0.2, -0.15) is 0 Å². The summed E-state index contributed by atoms with van der Waals surface area (Å²) in [4.78, 5) is 33.6. The number of nitrogens with two attached hydrogens (primary N) is 1. The third-order valence-electron chi connectivity index (χ3n) is 2.22. The number of rotatable bonds is 3. The average molecular weight is 250 g/mol. The Hall–Kier alpha value is -2.61. The molecule has 0 aliphatic rings. The fourth-order valence-electron chi connectivity index (χ4n) is 1.39. The number of carbonyl (C=O) groups excluding carboxylic acids is 1. The Morgan fingerprint density at radius 1 is 1.33 bits per heavy atom. The lowest BCUT2D eigenvalue weighted by molar-refractivity contribution is 0.0924. The van der Waals surface area contributed by atoms with Crippen LogP contribution in [0.1, 0.15) is 16.3 Å². The molecule has 8 nitrogen and oxygen atoms in total. The Balaban J connectivity index is 2.26. The predicted molar refractivity (Wildman–Crippen MR) is 60.8 cm³/mol. The van der Waals surface area contributed by atoms with E-state index in [2.05, 4.69) is 5.10 Å². The van der Waals surface area contributed by atoms with Gasteiger partial charge in [-0.25, -0.2) is 10.5 Å². The lowest BCUT2D eigenvalue weighted by atomic mass is 10.4. The smallest absolute Gasteiger partial charge is 0.300 e. The van der Waals surface area contributed by atoms with Gasteiger partial charge in [-0.1, -0.05) is 0 Å². The number of amides is 1. The van der Waals surface area contributed by atoms with Gasteiger partial charge in [0.05, 0.1) is 0 Å². The number of nitrogen functional groups attached to an aromatic ring is 1. The highest BCUT2D eigenvalue weighted by Gasteiger charge is 2.10. The molecule has 0 spiro atoms. The minimum absolute atomic E-state index is 0.0206. The average Bonchev–Trinajstić information content (AvgIpc) is 2.81. The number of aromatic amines is 1. The zero-order chi connectivity index (χ0) is 13.1. The van der Waals surface area contributed by atoms with Gasteiger partial charge in [0, 0.05) is 12.1 Å². The third-order valence-corrected chi connectivity index (χ3v) is 2.22. The molecule has 8 heteroatoms. The monoisotopic (exact) mass is 250 g/mol. The summed E-state index contributed by atoms with van der Waals surface area (Å²) in [5.41, 5.74) is 1.14. The van der Waals surface area contributed by atoms with Crippen molar-refractivity contribution in [2.45, 2.75) is 6.54 Å². The fourth-order valence-corrected chi connectivity index (χ4v) is 1.39. The molecular weight excluding hydrogens is 240 g/mol. The summed E-state index contributed by atoms with van der Waals surface area (Å²) >= 11 is 0. The van der Waals surface area contributed by atoms with E-state index in [4.69, 9.17) is 10.3 Å². The molecule has 2 heterocycles. The Labute approximate surface area is 100.0 Å². The van der Waals surface area contributed by atoms with Crippen LogP contribution in [0.3, 0.4) is 0 Å². The SMILES string of the molecule is NNC(=O)c1ccc(Cn2[nH]c(=O)ccc2=O)o1. The Kier molecular flexibility index (Phi) is 3.11. The van der Waals surface area contributed by atoms with Crippen molar-refractivity contribution < 1.29 is 9.21 Å². The van der Waals surface area contributed by atoms with E-state index in [1.807, 2.05) is 5.43 Å². The first-order valence-corrected chi connectivity index (χ1v) is 5.00. The van der Waals surface area contributed by atoms with Gasteiger partial charge in [0.1, 0.15) is 12.3 Å². The van der Waals surface area contributed by atoms with Crippen molar-refractivity contribution in [3.05, 3.63) is 56.5 Å². The summed E-state index contributed by atoms with van der Waals surface area (Å²) < 4.78 is 6.24. The molecule has 0 aromatic carbocycles. The summed E-state index contributed by atoms with van der Waals surface area (Å²) in [5, 5.41) is 2.34. The molecule has 0 aliphatic heterocycles. The number of nitrogens with one attached hydrogen (secondary N) is 2. The highest BCUT2D eigenvalue weighted by Crippen LogP contribution is 2.07. The van der Waals surface area contributed by atoms with E-state index in [1.54, 1.807) is 0 Å².